The number of alkyl halides is 3. The van der Waals surface area contributed by atoms with E-state index in [1.165, 1.54) is 0 Å². The van der Waals surface area contributed by atoms with Gasteiger partial charge in [-0.3, -0.25) is 10.2 Å². The van der Waals surface area contributed by atoms with Gasteiger partial charge in [0, 0.05) is 24.3 Å². The number of anilines is 2. The number of hydrogen-bond acceptors (Lipinski definition) is 8. The molecule has 5 rings (SSSR count). The number of fused-ring (bicyclic) bond motifs is 3. The van der Waals surface area contributed by atoms with Gasteiger partial charge in [-0.05, 0) is 29.8 Å². The standard InChI is InChI=1S/C22H22F3N5O4/c1-12-20(31)28-30(34-21(32)22(23,24)25)19-11-33-18-7-15(13-5-3-2-4-6-13)16(8-17(18)29(12)19)27-14-9-26-10-14/h2-8,12,14,19,26-27H,9-11H2,1H3,(H,28,31). The molecule has 2 aromatic carbocycles. The van der Waals surface area contributed by atoms with Crippen LogP contribution >= 0.6 is 0 Å². The molecule has 0 saturated carbocycles. The zero-order valence-corrected chi connectivity index (χ0v) is 18.1. The van der Waals surface area contributed by atoms with Crippen molar-refractivity contribution >= 4 is 23.3 Å². The van der Waals surface area contributed by atoms with Crippen molar-refractivity contribution in [1.82, 2.24) is 15.9 Å². The number of hydrazine groups is 1. The Morgan fingerprint density at radius 2 is 1.94 bits per heavy atom. The molecule has 0 radical (unpaired) electrons. The summed E-state index contributed by atoms with van der Waals surface area (Å²) in [7, 11) is 0. The van der Waals surface area contributed by atoms with Gasteiger partial charge in [0.1, 0.15) is 18.4 Å². The van der Waals surface area contributed by atoms with Crippen molar-refractivity contribution in [3.8, 4) is 16.9 Å². The van der Waals surface area contributed by atoms with Crippen molar-refractivity contribution in [1.29, 1.82) is 0 Å². The Kier molecular flexibility index (Phi) is 5.48. The van der Waals surface area contributed by atoms with Crippen LogP contribution in [0.25, 0.3) is 11.1 Å². The molecule has 3 aliphatic heterocycles. The minimum Gasteiger partial charge on any atom is -0.488 e. The molecule has 3 aliphatic rings. The van der Waals surface area contributed by atoms with E-state index in [0.29, 0.717) is 16.6 Å². The van der Waals surface area contributed by atoms with Crippen LogP contribution in [0.15, 0.2) is 42.5 Å². The van der Waals surface area contributed by atoms with Gasteiger partial charge in [0.05, 0.1) is 11.7 Å². The van der Waals surface area contributed by atoms with E-state index in [9.17, 15) is 22.8 Å². The molecule has 2 unspecified atom stereocenters. The molecule has 3 N–H and O–H groups in total. The highest BCUT2D eigenvalue weighted by Crippen LogP contribution is 2.44. The fourth-order valence-electron chi connectivity index (χ4n) is 4.15. The van der Waals surface area contributed by atoms with Crippen LogP contribution in [0.5, 0.6) is 5.75 Å². The largest absolute Gasteiger partial charge is 0.492 e. The quantitative estimate of drug-likeness (QED) is 0.616. The van der Waals surface area contributed by atoms with Gasteiger partial charge in [-0.2, -0.15) is 13.2 Å². The number of hydroxylamine groups is 1. The first kappa shape index (κ1) is 22.3. The van der Waals surface area contributed by atoms with E-state index >= 15 is 0 Å². The minimum absolute atomic E-state index is 0.143. The summed E-state index contributed by atoms with van der Waals surface area (Å²) in [6.07, 6.45) is -6.21. The normalized spacial score (nSPS) is 22.6. The summed E-state index contributed by atoms with van der Waals surface area (Å²) in [5, 5.41) is 7.20. The number of carbonyl (C=O) groups is 2. The third kappa shape index (κ3) is 3.99. The third-order valence-corrected chi connectivity index (χ3v) is 6.01. The molecule has 180 valence electrons. The Bertz CT molecular complexity index is 1110. The van der Waals surface area contributed by atoms with Crippen LogP contribution in [0.2, 0.25) is 0 Å². The van der Waals surface area contributed by atoms with Gasteiger partial charge in [-0.25, -0.2) is 4.79 Å². The maximum atomic E-state index is 12.8. The lowest BCUT2D eigenvalue weighted by Crippen LogP contribution is -2.70. The highest BCUT2D eigenvalue weighted by atomic mass is 19.4. The fraction of sp³-hybridized carbons (Fsp3) is 0.364. The number of hydrogen-bond donors (Lipinski definition) is 3. The molecule has 12 heteroatoms. The number of carbonyl (C=O) groups excluding carboxylic acids is 2. The average Bonchev–Trinajstić information content (AvgIpc) is 2.78. The molecule has 34 heavy (non-hydrogen) atoms. The first-order chi connectivity index (χ1) is 16.2. The average molecular weight is 477 g/mol. The summed E-state index contributed by atoms with van der Waals surface area (Å²) in [6, 6.07) is 12.8. The van der Waals surface area contributed by atoms with E-state index < -0.39 is 30.3 Å². The summed E-state index contributed by atoms with van der Waals surface area (Å²) >= 11 is 0. The van der Waals surface area contributed by atoms with Gasteiger partial charge < -0.3 is 25.1 Å². The predicted molar refractivity (Wildman–Crippen MR) is 116 cm³/mol. The third-order valence-electron chi connectivity index (χ3n) is 6.01. The van der Waals surface area contributed by atoms with E-state index in [-0.39, 0.29) is 12.6 Å². The van der Waals surface area contributed by atoms with Crippen LogP contribution in [-0.4, -0.2) is 61.2 Å². The Morgan fingerprint density at radius 1 is 1.21 bits per heavy atom. The molecule has 2 atom stereocenters. The van der Waals surface area contributed by atoms with Gasteiger partial charge in [0.25, 0.3) is 5.91 Å². The summed E-state index contributed by atoms with van der Waals surface area (Å²) in [4.78, 5) is 30.1. The Hall–Kier alpha value is -3.51. The van der Waals surface area contributed by atoms with Gasteiger partial charge in [-0.1, -0.05) is 30.3 Å². The number of nitrogens with zero attached hydrogens (tertiary/aromatic N) is 2. The Morgan fingerprint density at radius 3 is 2.59 bits per heavy atom. The van der Waals surface area contributed by atoms with E-state index in [2.05, 4.69) is 20.9 Å². The molecule has 9 nitrogen and oxygen atoms in total. The molecule has 1 amide bonds. The van der Waals surface area contributed by atoms with E-state index in [4.69, 9.17) is 4.74 Å². The van der Waals surface area contributed by atoms with Crippen LogP contribution in [0.3, 0.4) is 0 Å². The highest BCUT2D eigenvalue weighted by Gasteiger charge is 2.49. The lowest BCUT2D eigenvalue weighted by atomic mass is 9.99. The number of halogens is 3. The lowest BCUT2D eigenvalue weighted by molar-refractivity contribution is -0.265. The number of ether oxygens (including phenoxy) is 1. The molecular formula is C22H22F3N5O4. The Balaban J connectivity index is 1.54. The summed E-state index contributed by atoms with van der Waals surface area (Å²) in [6.45, 7) is 3.05. The maximum absolute atomic E-state index is 12.8. The van der Waals surface area contributed by atoms with Gasteiger partial charge in [0.2, 0.25) is 0 Å². The number of nitrogens with one attached hydrogen (secondary N) is 3. The zero-order chi connectivity index (χ0) is 24.0. The fourth-order valence-corrected chi connectivity index (χ4v) is 4.15. The zero-order valence-electron chi connectivity index (χ0n) is 18.1. The summed E-state index contributed by atoms with van der Waals surface area (Å²) in [5.41, 5.74) is 5.34. The van der Waals surface area contributed by atoms with Crippen molar-refractivity contribution < 1.29 is 32.3 Å². The van der Waals surface area contributed by atoms with Crippen molar-refractivity contribution in [2.45, 2.75) is 31.3 Å². The predicted octanol–water partition coefficient (Wildman–Crippen LogP) is 2.02. The van der Waals surface area contributed by atoms with Crippen molar-refractivity contribution in [3.63, 3.8) is 0 Å². The van der Waals surface area contributed by atoms with Gasteiger partial charge >= 0.3 is 12.1 Å². The monoisotopic (exact) mass is 477 g/mol. The molecule has 0 aliphatic carbocycles. The van der Waals surface area contributed by atoms with Crippen LogP contribution in [-0.2, 0) is 14.4 Å². The number of benzene rings is 2. The molecular weight excluding hydrogens is 455 g/mol. The molecule has 0 bridgehead atoms. The van der Waals surface area contributed by atoms with Crippen LogP contribution in [0.4, 0.5) is 24.5 Å². The smallest absolute Gasteiger partial charge is 0.488 e. The topological polar surface area (TPSA) is 95.2 Å². The lowest BCUT2D eigenvalue weighted by Gasteiger charge is -2.48. The minimum atomic E-state index is -5.22. The van der Waals surface area contributed by atoms with Crippen molar-refractivity contribution in [2.24, 2.45) is 0 Å². The summed E-state index contributed by atoms with van der Waals surface area (Å²) < 4.78 is 44.3. The summed E-state index contributed by atoms with van der Waals surface area (Å²) in [5.74, 6) is -2.59. The van der Waals surface area contributed by atoms with Crippen LogP contribution < -0.4 is 25.7 Å². The van der Waals surface area contributed by atoms with E-state index in [1.807, 2.05) is 42.5 Å². The van der Waals surface area contributed by atoms with E-state index in [1.54, 1.807) is 11.8 Å². The molecule has 3 heterocycles. The van der Waals surface area contributed by atoms with E-state index in [0.717, 1.165) is 29.9 Å². The van der Waals surface area contributed by atoms with Crippen molar-refractivity contribution in [3.05, 3.63) is 42.5 Å². The maximum Gasteiger partial charge on any atom is 0.492 e. The van der Waals surface area contributed by atoms with Crippen LogP contribution in [0, 0.1) is 0 Å². The SMILES string of the molecule is CC1C(=O)NN(OC(=O)C(F)(F)F)C2COc3cc(-c4ccccc4)c(NC4CNC4)cc3N12. The molecule has 2 saturated heterocycles. The number of rotatable bonds is 4. The second-order valence-electron chi connectivity index (χ2n) is 8.28. The molecule has 2 aromatic rings. The molecule has 0 aromatic heterocycles. The molecule has 0 spiro atoms. The van der Waals surface area contributed by atoms with Gasteiger partial charge in [-0.15, -0.1) is 0 Å². The highest BCUT2D eigenvalue weighted by molar-refractivity contribution is 5.90. The van der Waals surface area contributed by atoms with Crippen molar-refractivity contribution in [2.75, 3.05) is 29.9 Å². The second-order valence-corrected chi connectivity index (χ2v) is 8.28. The first-order valence-corrected chi connectivity index (χ1v) is 10.7. The second kappa shape index (κ2) is 8.37. The first-order valence-electron chi connectivity index (χ1n) is 10.7. The number of amides is 1. The van der Waals surface area contributed by atoms with Gasteiger partial charge in [0.15, 0.2) is 6.17 Å². The molecule has 2 fully saturated rings. The Labute approximate surface area is 192 Å². The van der Waals surface area contributed by atoms with Crippen LogP contribution in [0.1, 0.15) is 6.92 Å².